The lowest BCUT2D eigenvalue weighted by molar-refractivity contribution is -0.143. The van der Waals surface area contributed by atoms with Gasteiger partial charge in [-0.25, -0.2) is 0 Å². The highest BCUT2D eigenvalue weighted by Crippen LogP contribution is 2.40. The number of aryl methyl sites for hydroxylation is 2. The molecule has 2 rings (SSSR count). The first-order valence-corrected chi connectivity index (χ1v) is 9.01. The normalized spacial score (nSPS) is 10.8. The number of phenolic OH excluding ortho intramolecular Hbond substituents is 2. The van der Waals surface area contributed by atoms with E-state index in [0.717, 1.165) is 11.1 Å². The highest BCUT2D eigenvalue weighted by molar-refractivity contribution is 5.66. The summed E-state index contributed by atoms with van der Waals surface area (Å²) in [6, 6.07) is 7.20. The molecule has 0 atom stereocenters. The minimum Gasteiger partial charge on any atom is -0.507 e. The van der Waals surface area contributed by atoms with Crippen LogP contribution in [0.2, 0.25) is 0 Å². The van der Waals surface area contributed by atoms with Gasteiger partial charge in [0.25, 0.3) is 0 Å². The first-order chi connectivity index (χ1) is 13.1. The first kappa shape index (κ1) is 21.3. The third-order valence-electron chi connectivity index (χ3n) is 4.52. The summed E-state index contributed by atoms with van der Waals surface area (Å²) < 4.78 is 10.0. The molecule has 0 saturated carbocycles. The van der Waals surface area contributed by atoms with Gasteiger partial charge in [0, 0.05) is 42.0 Å². The molecule has 2 aromatic carbocycles. The monoisotopic (exact) mass is 386 g/mol. The van der Waals surface area contributed by atoms with Crippen LogP contribution in [0.5, 0.6) is 11.5 Å². The van der Waals surface area contributed by atoms with Crippen molar-refractivity contribution in [2.45, 2.75) is 53.8 Å². The second-order valence-electron chi connectivity index (χ2n) is 7.01. The van der Waals surface area contributed by atoms with Gasteiger partial charge in [-0.1, -0.05) is 30.2 Å². The quantitative estimate of drug-likeness (QED) is 0.729. The van der Waals surface area contributed by atoms with Crippen molar-refractivity contribution in [3.8, 4) is 11.5 Å². The molecule has 0 aliphatic heterocycles. The molecule has 0 unspecified atom stereocenters. The van der Waals surface area contributed by atoms with Crippen molar-refractivity contribution in [1.29, 1.82) is 0 Å². The second kappa shape index (κ2) is 8.78. The topological polar surface area (TPSA) is 93.1 Å². The SMILES string of the molecule is CC(=O)OCc1cc(C)cc(C(C)c2cc(C)cc(COC(C)=O)c2O)c1O. The molecular weight excluding hydrogens is 360 g/mol. The van der Waals surface area contributed by atoms with E-state index in [1.807, 2.05) is 32.9 Å². The third kappa shape index (κ3) is 5.03. The molecule has 0 aliphatic carbocycles. The van der Waals surface area contributed by atoms with Crippen molar-refractivity contribution in [2.24, 2.45) is 0 Å². The van der Waals surface area contributed by atoms with Gasteiger partial charge in [0.2, 0.25) is 0 Å². The summed E-state index contributed by atoms with van der Waals surface area (Å²) in [5.74, 6) is -1.14. The Labute approximate surface area is 164 Å². The zero-order chi connectivity index (χ0) is 21.0. The van der Waals surface area contributed by atoms with Crippen molar-refractivity contribution in [2.75, 3.05) is 0 Å². The maximum Gasteiger partial charge on any atom is 0.302 e. The lowest BCUT2D eigenvalue weighted by Gasteiger charge is -2.20. The van der Waals surface area contributed by atoms with Crippen molar-refractivity contribution in [3.63, 3.8) is 0 Å². The third-order valence-corrected chi connectivity index (χ3v) is 4.52. The van der Waals surface area contributed by atoms with Gasteiger partial charge in [-0.3, -0.25) is 9.59 Å². The van der Waals surface area contributed by atoms with Crippen LogP contribution in [0.1, 0.15) is 60.1 Å². The van der Waals surface area contributed by atoms with E-state index in [4.69, 9.17) is 9.47 Å². The highest BCUT2D eigenvalue weighted by atomic mass is 16.5. The molecule has 2 aromatic rings. The van der Waals surface area contributed by atoms with E-state index in [1.165, 1.54) is 13.8 Å². The number of ether oxygens (including phenoxy) is 2. The van der Waals surface area contributed by atoms with Crippen LogP contribution < -0.4 is 0 Å². The Bertz CT molecular complexity index is 827. The van der Waals surface area contributed by atoms with E-state index in [2.05, 4.69) is 0 Å². The lowest BCUT2D eigenvalue weighted by atomic mass is 9.87. The molecule has 6 heteroatoms. The smallest absolute Gasteiger partial charge is 0.302 e. The number of esters is 2. The van der Waals surface area contributed by atoms with Crippen LogP contribution in [0.4, 0.5) is 0 Å². The largest absolute Gasteiger partial charge is 0.507 e. The molecule has 0 aromatic heterocycles. The number of rotatable bonds is 6. The fraction of sp³-hybridized carbons (Fsp3) is 0.364. The molecule has 0 aliphatic rings. The van der Waals surface area contributed by atoms with Crippen LogP contribution >= 0.6 is 0 Å². The Hall–Kier alpha value is -3.02. The molecular formula is C22H26O6. The summed E-state index contributed by atoms with van der Waals surface area (Å²) in [6.07, 6.45) is 0. The Morgan fingerprint density at radius 3 is 1.50 bits per heavy atom. The van der Waals surface area contributed by atoms with Crippen molar-refractivity contribution >= 4 is 11.9 Å². The average molecular weight is 386 g/mol. The van der Waals surface area contributed by atoms with Gasteiger partial charge in [-0.2, -0.15) is 0 Å². The molecule has 6 nitrogen and oxygen atoms in total. The number of phenols is 2. The maximum absolute atomic E-state index is 11.1. The average Bonchev–Trinajstić information content (AvgIpc) is 2.61. The molecule has 0 saturated heterocycles. The summed E-state index contributed by atoms with van der Waals surface area (Å²) in [6.45, 7) is 8.20. The minimum atomic E-state index is -0.429. The molecule has 28 heavy (non-hydrogen) atoms. The van der Waals surface area contributed by atoms with Crippen LogP contribution in [0.25, 0.3) is 0 Å². The molecule has 0 radical (unpaired) electrons. The molecule has 2 N–H and O–H groups in total. The molecule has 0 amide bonds. The standard InChI is InChI=1S/C22H26O6/c1-12-6-17(10-27-15(4)23)21(25)19(8-12)14(3)20-9-13(2)7-18(22(20)26)11-28-16(5)24/h6-9,14,25-26H,10-11H2,1-5H3. The van der Waals surface area contributed by atoms with Crippen molar-refractivity contribution < 1.29 is 29.3 Å². The van der Waals surface area contributed by atoms with Gasteiger partial charge >= 0.3 is 11.9 Å². The number of benzene rings is 2. The van der Waals surface area contributed by atoms with E-state index in [1.54, 1.807) is 12.1 Å². The molecule has 0 fully saturated rings. The Morgan fingerprint density at radius 2 is 1.18 bits per heavy atom. The first-order valence-electron chi connectivity index (χ1n) is 9.01. The van der Waals surface area contributed by atoms with Crippen LogP contribution in [0.3, 0.4) is 0 Å². The second-order valence-corrected chi connectivity index (χ2v) is 7.01. The number of hydrogen-bond acceptors (Lipinski definition) is 6. The Morgan fingerprint density at radius 1 is 0.821 bits per heavy atom. The number of carbonyl (C=O) groups is 2. The van der Waals surface area contributed by atoms with E-state index in [9.17, 15) is 19.8 Å². The van der Waals surface area contributed by atoms with Gasteiger partial charge in [0.1, 0.15) is 24.7 Å². The van der Waals surface area contributed by atoms with Crippen molar-refractivity contribution in [1.82, 2.24) is 0 Å². The summed E-state index contributed by atoms with van der Waals surface area (Å²) in [5, 5.41) is 21.4. The number of hydrogen-bond donors (Lipinski definition) is 2. The zero-order valence-electron chi connectivity index (χ0n) is 16.8. The van der Waals surface area contributed by atoms with Crippen LogP contribution in [0, 0.1) is 13.8 Å². The molecule has 150 valence electrons. The lowest BCUT2D eigenvalue weighted by Crippen LogP contribution is -2.05. The number of carbonyl (C=O) groups excluding carboxylic acids is 2. The minimum absolute atomic E-state index is 0.0277. The predicted octanol–water partition coefficient (Wildman–Crippen LogP) is 3.99. The fourth-order valence-corrected chi connectivity index (χ4v) is 3.17. The molecule has 0 spiro atoms. The van der Waals surface area contributed by atoms with E-state index in [-0.39, 0.29) is 30.6 Å². The van der Waals surface area contributed by atoms with Crippen LogP contribution in [-0.4, -0.2) is 22.2 Å². The summed E-state index contributed by atoms with van der Waals surface area (Å²) in [7, 11) is 0. The zero-order valence-corrected chi connectivity index (χ0v) is 16.8. The fourth-order valence-electron chi connectivity index (χ4n) is 3.17. The molecule has 0 heterocycles. The maximum atomic E-state index is 11.1. The summed E-state index contributed by atoms with van der Waals surface area (Å²) >= 11 is 0. The van der Waals surface area contributed by atoms with E-state index < -0.39 is 11.9 Å². The summed E-state index contributed by atoms with van der Waals surface area (Å²) in [5.41, 5.74) is 4.03. The van der Waals surface area contributed by atoms with Gasteiger partial charge in [-0.05, 0) is 26.0 Å². The predicted molar refractivity (Wildman–Crippen MR) is 104 cm³/mol. The number of aromatic hydroxyl groups is 2. The van der Waals surface area contributed by atoms with E-state index in [0.29, 0.717) is 22.3 Å². The highest BCUT2D eigenvalue weighted by Gasteiger charge is 2.21. The Balaban J connectivity index is 2.46. The van der Waals surface area contributed by atoms with Gasteiger partial charge in [0.05, 0.1) is 0 Å². The molecule has 0 bridgehead atoms. The van der Waals surface area contributed by atoms with E-state index >= 15 is 0 Å². The van der Waals surface area contributed by atoms with Gasteiger partial charge < -0.3 is 19.7 Å². The van der Waals surface area contributed by atoms with Crippen LogP contribution in [0.15, 0.2) is 24.3 Å². The van der Waals surface area contributed by atoms with Gasteiger partial charge in [0.15, 0.2) is 0 Å². The Kier molecular flexibility index (Phi) is 6.67. The van der Waals surface area contributed by atoms with Crippen molar-refractivity contribution in [3.05, 3.63) is 57.6 Å². The van der Waals surface area contributed by atoms with Gasteiger partial charge in [-0.15, -0.1) is 0 Å². The summed E-state index contributed by atoms with van der Waals surface area (Å²) in [4.78, 5) is 22.2. The van der Waals surface area contributed by atoms with Crippen LogP contribution in [-0.2, 0) is 32.3 Å².